The number of carbonyl (C=O) groups excluding carboxylic acids is 2. The second-order valence-electron chi connectivity index (χ2n) is 8.80. The van der Waals surface area contributed by atoms with Gasteiger partial charge >= 0.3 is 0 Å². The average Bonchev–Trinajstić information content (AvgIpc) is 3.61. The number of hydrogen-bond acceptors (Lipinski definition) is 6. The van der Waals surface area contributed by atoms with Gasteiger partial charge in [0, 0.05) is 38.4 Å². The van der Waals surface area contributed by atoms with E-state index in [1.807, 2.05) is 6.07 Å². The molecular weight excluding hydrogens is 380 g/mol. The number of carbonyl (C=O) groups is 2. The quantitative estimate of drug-likeness (QED) is 0.587. The number of piperazine rings is 1. The van der Waals surface area contributed by atoms with Gasteiger partial charge in [0.1, 0.15) is 11.4 Å². The highest BCUT2D eigenvalue weighted by molar-refractivity contribution is 5.99. The Bertz CT molecular complexity index is 815. The van der Waals surface area contributed by atoms with Gasteiger partial charge in [0.15, 0.2) is 6.19 Å². The first-order chi connectivity index (χ1) is 14.5. The smallest absolute Gasteiger partial charge is 0.261 e. The molecule has 2 aliphatic carbocycles. The number of hydrogen-bond donors (Lipinski definition) is 1. The molecule has 0 atom stereocenters. The van der Waals surface area contributed by atoms with E-state index in [4.69, 9.17) is 0 Å². The Hall–Kier alpha value is -2.66. The summed E-state index contributed by atoms with van der Waals surface area (Å²) in [4.78, 5) is 36.6. The van der Waals surface area contributed by atoms with Crippen molar-refractivity contribution >= 4 is 17.6 Å². The lowest BCUT2D eigenvalue weighted by molar-refractivity contribution is -0.136. The Morgan fingerprint density at radius 1 is 1.17 bits per heavy atom. The van der Waals surface area contributed by atoms with Gasteiger partial charge in [-0.15, -0.1) is 0 Å². The Kier molecular flexibility index (Phi) is 5.91. The number of pyridine rings is 1. The van der Waals surface area contributed by atoms with E-state index in [9.17, 15) is 14.9 Å². The van der Waals surface area contributed by atoms with Gasteiger partial charge in [0.2, 0.25) is 0 Å². The molecule has 4 rings (SSSR count). The Balaban J connectivity index is 1.47. The van der Waals surface area contributed by atoms with Crippen LogP contribution < -0.4 is 10.2 Å². The Morgan fingerprint density at radius 3 is 2.43 bits per heavy atom. The molecule has 8 nitrogen and oxygen atoms in total. The molecule has 2 saturated carbocycles. The van der Waals surface area contributed by atoms with E-state index >= 15 is 0 Å². The summed E-state index contributed by atoms with van der Waals surface area (Å²) in [6.07, 6.45) is 9.32. The molecular formula is C22H30N6O2. The maximum absolute atomic E-state index is 13.2. The molecule has 2 amide bonds. The van der Waals surface area contributed by atoms with E-state index in [1.54, 1.807) is 12.3 Å². The molecule has 1 aromatic rings. The Labute approximate surface area is 177 Å². The largest absolute Gasteiger partial charge is 0.354 e. The molecule has 3 fully saturated rings. The molecule has 8 heteroatoms. The van der Waals surface area contributed by atoms with Crippen molar-refractivity contribution in [1.82, 2.24) is 20.1 Å². The van der Waals surface area contributed by atoms with Gasteiger partial charge in [-0.1, -0.05) is 19.3 Å². The fourth-order valence-electron chi connectivity index (χ4n) is 4.44. The minimum Gasteiger partial charge on any atom is -0.354 e. The van der Waals surface area contributed by atoms with E-state index < -0.39 is 5.54 Å². The summed E-state index contributed by atoms with van der Waals surface area (Å²) >= 11 is 0. The molecule has 1 N–H and O–H groups in total. The van der Waals surface area contributed by atoms with Crippen molar-refractivity contribution < 1.29 is 9.59 Å². The standard InChI is InChI=1S/C22H30N6O2/c1-26-11-13-27(14-12-26)19-8-5-17(15-24-19)20(29)25-22(9-3-2-4-10-22)21(30)28(16-23)18-6-7-18/h5,8,15,18H,2-4,6-7,9-14H2,1H3,(H,25,29). The summed E-state index contributed by atoms with van der Waals surface area (Å²) in [6, 6.07) is 3.66. The van der Waals surface area contributed by atoms with Gasteiger partial charge in [-0.2, -0.15) is 5.26 Å². The molecule has 30 heavy (non-hydrogen) atoms. The lowest BCUT2D eigenvalue weighted by Crippen LogP contribution is -2.60. The first-order valence-corrected chi connectivity index (χ1v) is 11.0. The number of anilines is 1. The second kappa shape index (κ2) is 8.60. The fourth-order valence-corrected chi connectivity index (χ4v) is 4.44. The maximum atomic E-state index is 13.2. The van der Waals surface area contributed by atoms with Crippen LogP contribution >= 0.6 is 0 Å². The number of nitrogens with zero attached hydrogens (tertiary/aromatic N) is 5. The first-order valence-electron chi connectivity index (χ1n) is 11.0. The molecule has 1 aliphatic heterocycles. The third-order valence-corrected chi connectivity index (χ3v) is 6.55. The lowest BCUT2D eigenvalue weighted by atomic mass is 9.80. The number of aromatic nitrogens is 1. The highest BCUT2D eigenvalue weighted by atomic mass is 16.2. The number of nitriles is 1. The van der Waals surface area contributed by atoms with Gasteiger partial charge in [-0.25, -0.2) is 9.88 Å². The Morgan fingerprint density at radius 2 is 1.87 bits per heavy atom. The van der Waals surface area contributed by atoms with Crippen molar-refractivity contribution in [3.8, 4) is 6.19 Å². The summed E-state index contributed by atoms with van der Waals surface area (Å²) < 4.78 is 0. The van der Waals surface area contributed by atoms with E-state index in [2.05, 4.69) is 33.3 Å². The third-order valence-electron chi connectivity index (χ3n) is 6.55. The van der Waals surface area contributed by atoms with E-state index in [-0.39, 0.29) is 17.9 Å². The van der Waals surface area contributed by atoms with Gasteiger partial charge in [-0.05, 0) is 44.9 Å². The predicted molar refractivity (Wildman–Crippen MR) is 113 cm³/mol. The zero-order valence-corrected chi connectivity index (χ0v) is 17.6. The molecule has 0 bridgehead atoms. The van der Waals surface area contributed by atoms with Crippen LogP contribution in [0.1, 0.15) is 55.3 Å². The SMILES string of the molecule is CN1CCN(c2ccc(C(=O)NC3(C(=O)N(C#N)C4CC4)CCCCC3)cn2)CC1. The predicted octanol–water partition coefficient (Wildman–Crippen LogP) is 1.74. The van der Waals surface area contributed by atoms with Crippen LogP contribution in [0.15, 0.2) is 18.3 Å². The van der Waals surface area contributed by atoms with Crippen molar-refractivity contribution in [3.63, 3.8) is 0 Å². The van der Waals surface area contributed by atoms with Crippen LogP contribution in [0.25, 0.3) is 0 Å². The van der Waals surface area contributed by atoms with Gasteiger partial charge < -0.3 is 15.1 Å². The maximum Gasteiger partial charge on any atom is 0.261 e. The fraction of sp³-hybridized carbons (Fsp3) is 0.636. The molecule has 0 aromatic carbocycles. The van der Waals surface area contributed by atoms with Crippen molar-refractivity contribution in [2.24, 2.45) is 0 Å². The van der Waals surface area contributed by atoms with Crippen LogP contribution in [0.2, 0.25) is 0 Å². The molecule has 1 aromatic heterocycles. The first kappa shape index (κ1) is 20.6. The molecule has 0 spiro atoms. The molecule has 160 valence electrons. The van der Waals surface area contributed by atoms with Crippen LogP contribution in [0, 0.1) is 11.5 Å². The number of amides is 2. The monoisotopic (exact) mass is 410 g/mol. The molecule has 0 unspecified atom stereocenters. The van der Waals surface area contributed by atoms with Crippen molar-refractivity contribution in [3.05, 3.63) is 23.9 Å². The number of nitrogens with one attached hydrogen (secondary N) is 1. The number of likely N-dealkylation sites (N-methyl/N-ethyl adjacent to an activating group) is 1. The summed E-state index contributed by atoms with van der Waals surface area (Å²) in [5, 5.41) is 12.5. The zero-order chi connectivity index (χ0) is 21.1. The van der Waals surface area contributed by atoms with Gasteiger partial charge in [0.25, 0.3) is 11.8 Å². The van der Waals surface area contributed by atoms with Crippen LogP contribution in [0.4, 0.5) is 5.82 Å². The minimum absolute atomic E-state index is 0.00254. The lowest BCUT2D eigenvalue weighted by Gasteiger charge is -2.38. The zero-order valence-electron chi connectivity index (χ0n) is 17.6. The van der Waals surface area contributed by atoms with Crippen LogP contribution in [-0.2, 0) is 4.79 Å². The summed E-state index contributed by atoms with van der Waals surface area (Å²) in [7, 11) is 2.11. The highest BCUT2D eigenvalue weighted by Crippen LogP contribution is 2.34. The molecule has 2 heterocycles. The van der Waals surface area contributed by atoms with Crippen LogP contribution in [0.5, 0.6) is 0 Å². The molecule has 1 saturated heterocycles. The van der Waals surface area contributed by atoms with Crippen molar-refractivity contribution in [1.29, 1.82) is 5.26 Å². The van der Waals surface area contributed by atoms with Crippen LogP contribution in [-0.4, -0.2) is 71.4 Å². The third kappa shape index (κ3) is 4.26. The van der Waals surface area contributed by atoms with E-state index in [0.29, 0.717) is 18.4 Å². The van der Waals surface area contributed by atoms with E-state index in [0.717, 1.165) is 64.1 Å². The summed E-state index contributed by atoms with van der Waals surface area (Å²) in [5.74, 6) is 0.325. The molecule has 3 aliphatic rings. The minimum atomic E-state index is -0.982. The summed E-state index contributed by atoms with van der Waals surface area (Å²) in [6.45, 7) is 3.81. The van der Waals surface area contributed by atoms with Gasteiger partial charge in [-0.3, -0.25) is 9.59 Å². The topological polar surface area (TPSA) is 92.6 Å². The molecule has 0 radical (unpaired) electrons. The van der Waals surface area contributed by atoms with E-state index in [1.165, 1.54) is 4.90 Å². The van der Waals surface area contributed by atoms with Crippen molar-refractivity contribution in [2.75, 3.05) is 38.1 Å². The van der Waals surface area contributed by atoms with Crippen LogP contribution in [0.3, 0.4) is 0 Å². The van der Waals surface area contributed by atoms with Gasteiger partial charge in [0.05, 0.1) is 5.56 Å². The summed E-state index contributed by atoms with van der Waals surface area (Å²) in [5.41, 5.74) is -0.537. The second-order valence-corrected chi connectivity index (χ2v) is 8.80. The number of rotatable bonds is 5. The normalized spacial score (nSPS) is 21.5. The highest BCUT2D eigenvalue weighted by Gasteiger charge is 2.47. The van der Waals surface area contributed by atoms with Crippen molar-refractivity contribution in [2.45, 2.75) is 56.5 Å². The average molecular weight is 411 g/mol.